The zero-order valence-electron chi connectivity index (χ0n) is 22.2. The molecule has 9 nitrogen and oxygen atoms in total. The van der Waals surface area contributed by atoms with Crippen molar-refractivity contribution < 1.29 is 18.0 Å². The van der Waals surface area contributed by atoms with E-state index in [1.807, 2.05) is 19.1 Å². The lowest BCUT2D eigenvalue weighted by atomic mass is 10.2. The molecule has 1 aromatic carbocycles. The number of anilines is 3. The molecule has 0 bridgehead atoms. The van der Waals surface area contributed by atoms with E-state index in [1.165, 1.54) is 15.6 Å². The third-order valence-electron chi connectivity index (χ3n) is 5.64. The molecule has 2 N–H and O–H groups in total. The lowest BCUT2D eigenvalue weighted by Crippen LogP contribution is -2.28. The number of aryl methyl sites for hydroxylation is 1. The highest BCUT2D eigenvalue weighted by Crippen LogP contribution is 2.28. The quantitative estimate of drug-likeness (QED) is 0.399. The van der Waals surface area contributed by atoms with Crippen LogP contribution in [-0.4, -0.2) is 51.8 Å². The molecule has 1 amide bonds. The van der Waals surface area contributed by atoms with Crippen molar-refractivity contribution in [2.45, 2.75) is 32.1 Å². The molecule has 4 aromatic rings. The van der Waals surface area contributed by atoms with E-state index in [4.69, 9.17) is 8.85 Å². The summed E-state index contributed by atoms with van der Waals surface area (Å²) in [6, 6.07) is 13.5. The summed E-state index contributed by atoms with van der Waals surface area (Å²) in [5, 5.41) is 10.2. The Labute approximate surface area is 206 Å². The second kappa shape index (κ2) is 9.21. The predicted octanol–water partition coefficient (Wildman–Crippen LogP) is 3.66. The van der Waals surface area contributed by atoms with Gasteiger partial charge in [0.05, 0.1) is 25.0 Å². The van der Waals surface area contributed by atoms with Crippen LogP contribution in [0.5, 0.6) is 5.75 Å². The summed E-state index contributed by atoms with van der Waals surface area (Å²) in [5.41, 5.74) is 1.93. The topological polar surface area (TPSA) is 96.7 Å². The zero-order chi connectivity index (χ0) is 27.0. The molecule has 1 aliphatic carbocycles. The molecule has 0 spiro atoms. The van der Waals surface area contributed by atoms with Crippen molar-refractivity contribution in [2.24, 2.45) is 0 Å². The number of carbonyl (C=O) groups is 1. The summed E-state index contributed by atoms with van der Waals surface area (Å²) >= 11 is 0. The molecule has 2 atom stereocenters. The third-order valence-corrected chi connectivity index (χ3v) is 5.64. The highest BCUT2D eigenvalue weighted by Gasteiger charge is 2.39. The molecule has 35 heavy (non-hydrogen) atoms. The number of pyridine rings is 1. The van der Waals surface area contributed by atoms with Crippen molar-refractivity contribution in [3.8, 4) is 5.75 Å². The number of alkyl halides is 1. The summed E-state index contributed by atoms with van der Waals surface area (Å²) in [5.74, 6) is 0.828. The van der Waals surface area contributed by atoms with Crippen molar-refractivity contribution >= 4 is 28.9 Å². The van der Waals surface area contributed by atoms with E-state index < -0.39 is 25.1 Å². The molecule has 180 valence electrons. The number of rotatable bonds is 8. The largest absolute Gasteiger partial charge is 0.497 e. The average Bonchev–Trinajstić information content (AvgIpc) is 3.38. The predicted molar refractivity (Wildman–Crippen MR) is 131 cm³/mol. The van der Waals surface area contributed by atoms with E-state index in [0.29, 0.717) is 11.6 Å². The number of nitrogens with one attached hydrogen (secondary N) is 2. The SMILES string of the molecule is [2H]C([2H])([2H])N(Cc1ccc(OC)cc1)c1cc(Nc2cccc(C)n2)nn2c(C(=O)N[C@@H]3C[C@@H]3F)cnc12. The van der Waals surface area contributed by atoms with Gasteiger partial charge in [-0.3, -0.25) is 4.79 Å². The Morgan fingerprint density at radius 1 is 1.29 bits per heavy atom. The number of amides is 1. The fraction of sp³-hybridized carbons (Fsp3) is 0.280. The van der Waals surface area contributed by atoms with Gasteiger partial charge in [0.15, 0.2) is 17.2 Å². The van der Waals surface area contributed by atoms with Crippen LogP contribution in [0.2, 0.25) is 0 Å². The molecule has 1 aliphatic rings. The number of hydrogen-bond donors (Lipinski definition) is 2. The van der Waals surface area contributed by atoms with Crippen LogP contribution in [0.1, 0.15) is 32.3 Å². The van der Waals surface area contributed by atoms with Crippen molar-refractivity contribution in [1.29, 1.82) is 0 Å². The fourth-order valence-electron chi connectivity index (χ4n) is 3.67. The maximum atomic E-state index is 13.4. The monoisotopic (exact) mass is 478 g/mol. The van der Waals surface area contributed by atoms with E-state index in [9.17, 15) is 9.18 Å². The van der Waals surface area contributed by atoms with Crippen molar-refractivity contribution in [3.63, 3.8) is 0 Å². The number of fused-ring (bicyclic) bond motifs is 1. The van der Waals surface area contributed by atoms with Gasteiger partial charge < -0.3 is 20.3 Å². The van der Waals surface area contributed by atoms with E-state index in [0.717, 1.165) is 11.3 Å². The molecule has 0 aliphatic heterocycles. The highest BCUT2D eigenvalue weighted by molar-refractivity contribution is 5.94. The van der Waals surface area contributed by atoms with Crippen molar-refractivity contribution in [1.82, 2.24) is 24.9 Å². The van der Waals surface area contributed by atoms with Gasteiger partial charge in [-0.05, 0) is 36.8 Å². The van der Waals surface area contributed by atoms with Crippen LogP contribution in [0.25, 0.3) is 5.65 Å². The Morgan fingerprint density at radius 3 is 2.77 bits per heavy atom. The summed E-state index contributed by atoms with van der Waals surface area (Å²) in [6.07, 6.45) is 0.472. The van der Waals surface area contributed by atoms with Crippen LogP contribution in [-0.2, 0) is 6.54 Å². The van der Waals surface area contributed by atoms with E-state index in [2.05, 4.69) is 25.7 Å². The Balaban J connectivity index is 1.60. The molecule has 1 fully saturated rings. The molecule has 10 heteroatoms. The molecule has 3 heterocycles. The van der Waals surface area contributed by atoms with Gasteiger partial charge in [0.1, 0.15) is 17.7 Å². The Morgan fingerprint density at radius 2 is 2.09 bits per heavy atom. The second-order valence-electron chi connectivity index (χ2n) is 8.35. The summed E-state index contributed by atoms with van der Waals surface area (Å²) in [6.45, 7) is -0.709. The molecule has 1 saturated carbocycles. The summed E-state index contributed by atoms with van der Waals surface area (Å²) in [7, 11) is 1.55. The summed E-state index contributed by atoms with van der Waals surface area (Å²) in [4.78, 5) is 22.9. The molecular formula is C25H26FN7O2. The van der Waals surface area contributed by atoms with Gasteiger partial charge in [-0.1, -0.05) is 18.2 Å². The van der Waals surface area contributed by atoms with Crippen LogP contribution in [0.4, 0.5) is 21.7 Å². The van der Waals surface area contributed by atoms with Gasteiger partial charge >= 0.3 is 0 Å². The van der Waals surface area contributed by atoms with Gasteiger partial charge in [-0.15, -0.1) is 5.10 Å². The summed E-state index contributed by atoms with van der Waals surface area (Å²) < 4.78 is 44.8. The minimum Gasteiger partial charge on any atom is -0.497 e. The van der Waals surface area contributed by atoms with Crippen molar-refractivity contribution in [3.05, 3.63) is 71.7 Å². The first-order valence-corrected chi connectivity index (χ1v) is 11.1. The first kappa shape index (κ1) is 19.1. The van der Waals surface area contributed by atoms with E-state index in [1.54, 1.807) is 43.5 Å². The second-order valence-corrected chi connectivity index (χ2v) is 8.35. The van der Waals surface area contributed by atoms with Crippen LogP contribution in [0.15, 0.2) is 54.7 Å². The number of aromatic nitrogens is 4. The maximum absolute atomic E-state index is 13.4. The molecule has 0 saturated heterocycles. The van der Waals surface area contributed by atoms with Gasteiger partial charge in [-0.25, -0.2) is 18.9 Å². The Hall–Kier alpha value is -4.21. The average molecular weight is 479 g/mol. The number of carbonyl (C=O) groups excluding carboxylic acids is 1. The Kier molecular flexibility index (Phi) is 5.03. The smallest absolute Gasteiger partial charge is 0.271 e. The first-order valence-electron chi connectivity index (χ1n) is 12.6. The molecule has 5 rings (SSSR count). The first-order chi connectivity index (χ1) is 18.1. The standard InChI is InChI=1S/C25H26FN7O2/c1-15-5-4-6-22(28-15)30-23-12-20(32(2)14-16-7-9-17(35-3)10-8-16)24-27-13-21(33(24)31-23)25(34)29-19-11-18(19)26/h4-10,12-13,18-19H,11,14H2,1-3H3,(H,29,34)(H,28,30,31)/t18-,19+/m0/s1/i2D3. The third kappa shape index (κ3) is 4.86. The number of halogens is 1. The van der Waals surface area contributed by atoms with E-state index in [-0.39, 0.29) is 35.8 Å². The van der Waals surface area contributed by atoms with E-state index >= 15 is 0 Å². The van der Waals surface area contributed by atoms with Gasteiger partial charge in [0.2, 0.25) is 0 Å². The molecule has 0 radical (unpaired) electrons. The molecule has 0 unspecified atom stereocenters. The minimum atomic E-state index is -2.57. The molecular weight excluding hydrogens is 449 g/mol. The van der Waals surface area contributed by atoms with Crippen LogP contribution < -0.4 is 20.3 Å². The normalized spacial score (nSPS) is 18.3. The lowest BCUT2D eigenvalue weighted by molar-refractivity contribution is 0.0940. The zero-order valence-corrected chi connectivity index (χ0v) is 19.2. The number of ether oxygens (including phenoxy) is 1. The number of imidazole rings is 1. The fourth-order valence-corrected chi connectivity index (χ4v) is 3.67. The van der Waals surface area contributed by atoms with Gasteiger partial charge in [0, 0.05) is 35.8 Å². The van der Waals surface area contributed by atoms with Gasteiger partial charge in [0.25, 0.3) is 5.91 Å². The number of nitrogens with zero attached hydrogens (tertiary/aromatic N) is 5. The Bertz CT molecular complexity index is 1480. The van der Waals surface area contributed by atoms with Gasteiger partial charge in [-0.2, -0.15) is 0 Å². The van der Waals surface area contributed by atoms with Crippen molar-refractivity contribution in [2.75, 3.05) is 24.3 Å². The maximum Gasteiger partial charge on any atom is 0.271 e. The lowest BCUT2D eigenvalue weighted by Gasteiger charge is -2.21. The number of hydrogen-bond acceptors (Lipinski definition) is 7. The minimum absolute atomic E-state index is 0.0162. The number of benzene rings is 1. The van der Waals surface area contributed by atoms with Crippen LogP contribution in [0, 0.1) is 6.92 Å². The van der Waals surface area contributed by atoms with Crippen LogP contribution in [0.3, 0.4) is 0 Å². The van der Waals surface area contributed by atoms with Crippen LogP contribution >= 0.6 is 0 Å². The highest BCUT2D eigenvalue weighted by atomic mass is 19.1. The number of methoxy groups -OCH3 is 1. The molecule has 3 aromatic heterocycles.